The van der Waals surface area contributed by atoms with Crippen molar-refractivity contribution in [3.63, 3.8) is 0 Å². The maximum atomic E-state index is 12.7. The van der Waals surface area contributed by atoms with Gasteiger partial charge in [0.1, 0.15) is 5.75 Å². The van der Waals surface area contributed by atoms with Crippen molar-refractivity contribution in [3.05, 3.63) is 18.2 Å². The van der Waals surface area contributed by atoms with Gasteiger partial charge in [-0.1, -0.05) is 6.92 Å². The van der Waals surface area contributed by atoms with Gasteiger partial charge in [-0.05, 0) is 31.5 Å². The average molecular weight is 341 g/mol. The maximum absolute atomic E-state index is 12.7. The molecule has 1 aromatic rings. The van der Waals surface area contributed by atoms with Crippen LogP contribution in [0.4, 0.5) is 5.69 Å². The SMILES string of the molecule is CCCN(C)S(=O)(=O)c1ccc(OC)c(N2CCNCC2C)c1. The smallest absolute Gasteiger partial charge is 0.242 e. The fraction of sp³-hybridized carbons (Fsp3) is 0.625. The lowest BCUT2D eigenvalue weighted by atomic mass is 10.1. The zero-order valence-electron chi connectivity index (χ0n) is 14.4. The number of nitrogens with one attached hydrogen (secondary N) is 1. The Kier molecular flexibility index (Phi) is 5.89. The summed E-state index contributed by atoms with van der Waals surface area (Å²) in [5.41, 5.74) is 0.840. The molecule has 1 aliphatic heterocycles. The molecule has 2 rings (SSSR count). The second kappa shape index (κ2) is 7.51. The summed E-state index contributed by atoms with van der Waals surface area (Å²) in [6.45, 7) is 7.17. The van der Waals surface area contributed by atoms with Crippen LogP contribution in [0.3, 0.4) is 0 Å². The van der Waals surface area contributed by atoms with Crippen molar-refractivity contribution in [2.45, 2.75) is 31.2 Å². The Bertz CT molecular complexity index is 633. The molecule has 1 aromatic carbocycles. The molecule has 6 nitrogen and oxygen atoms in total. The molecule has 1 unspecified atom stereocenters. The number of ether oxygens (including phenoxy) is 1. The number of piperazine rings is 1. The van der Waals surface area contributed by atoms with Crippen molar-refractivity contribution in [1.82, 2.24) is 9.62 Å². The zero-order chi connectivity index (χ0) is 17.0. The highest BCUT2D eigenvalue weighted by molar-refractivity contribution is 7.89. The van der Waals surface area contributed by atoms with E-state index in [1.807, 2.05) is 6.92 Å². The molecular weight excluding hydrogens is 314 g/mol. The molecule has 0 aliphatic carbocycles. The van der Waals surface area contributed by atoms with E-state index in [0.717, 1.165) is 31.7 Å². The number of sulfonamides is 1. The van der Waals surface area contributed by atoms with Crippen LogP contribution in [-0.2, 0) is 10.0 Å². The third-order valence-electron chi connectivity index (χ3n) is 4.21. The van der Waals surface area contributed by atoms with Gasteiger partial charge in [-0.2, -0.15) is 0 Å². The quantitative estimate of drug-likeness (QED) is 0.850. The van der Waals surface area contributed by atoms with Gasteiger partial charge in [0.2, 0.25) is 10.0 Å². The van der Waals surface area contributed by atoms with Gasteiger partial charge in [-0.25, -0.2) is 12.7 Å². The van der Waals surface area contributed by atoms with Crippen LogP contribution in [0.25, 0.3) is 0 Å². The summed E-state index contributed by atoms with van der Waals surface area (Å²) >= 11 is 0. The molecule has 1 saturated heterocycles. The van der Waals surface area contributed by atoms with Gasteiger partial charge in [0.25, 0.3) is 0 Å². The third-order valence-corrected chi connectivity index (χ3v) is 6.06. The van der Waals surface area contributed by atoms with Gasteiger partial charge in [0.05, 0.1) is 17.7 Å². The van der Waals surface area contributed by atoms with Crippen LogP contribution in [0.1, 0.15) is 20.3 Å². The van der Waals surface area contributed by atoms with Crippen LogP contribution < -0.4 is 15.0 Å². The lowest BCUT2D eigenvalue weighted by Gasteiger charge is -2.36. The standard InChI is InChI=1S/C16H27N3O3S/c1-5-9-18(3)23(20,21)14-6-7-16(22-4)15(11-14)19-10-8-17-12-13(19)2/h6-7,11,13,17H,5,8-10,12H2,1-4H3. The first-order chi connectivity index (χ1) is 10.9. The maximum Gasteiger partial charge on any atom is 0.242 e. The number of benzene rings is 1. The summed E-state index contributed by atoms with van der Waals surface area (Å²) in [5, 5.41) is 3.34. The molecule has 0 saturated carbocycles. The number of nitrogens with zero attached hydrogens (tertiary/aromatic N) is 2. The number of hydrogen-bond donors (Lipinski definition) is 1. The first-order valence-electron chi connectivity index (χ1n) is 8.03. The Morgan fingerprint density at radius 1 is 1.43 bits per heavy atom. The van der Waals surface area contributed by atoms with Crippen LogP contribution >= 0.6 is 0 Å². The molecule has 23 heavy (non-hydrogen) atoms. The first-order valence-corrected chi connectivity index (χ1v) is 9.47. The van der Waals surface area contributed by atoms with E-state index in [-0.39, 0.29) is 6.04 Å². The van der Waals surface area contributed by atoms with Crippen LogP contribution in [0.5, 0.6) is 5.75 Å². The summed E-state index contributed by atoms with van der Waals surface area (Å²) in [4.78, 5) is 2.52. The third kappa shape index (κ3) is 3.79. The molecule has 130 valence electrons. The Balaban J connectivity index is 2.43. The minimum atomic E-state index is -3.47. The molecule has 1 aliphatic rings. The van der Waals surface area contributed by atoms with Crippen molar-refractivity contribution < 1.29 is 13.2 Å². The highest BCUT2D eigenvalue weighted by atomic mass is 32.2. The van der Waals surface area contributed by atoms with Crippen LogP contribution in [0.2, 0.25) is 0 Å². The second-order valence-electron chi connectivity index (χ2n) is 5.91. The zero-order valence-corrected chi connectivity index (χ0v) is 15.2. The Morgan fingerprint density at radius 3 is 2.78 bits per heavy atom. The van der Waals surface area contributed by atoms with Gasteiger partial charge in [0.15, 0.2) is 0 Å². The largest absolute Gasteiger partial charge is 0.495 e. The Labute approximate surface area is 139 Å². The highest BCUT2D eigenvalue weighted by Crippen LogP contribution is 2.33. The second-order valence-corrected chi connectivity index (χ2v) is 7.95. The number of anilines is 1. The first kappa shape index (κ1) is 18.0. The number of hydrogen-bond acceptors (Lipinski definition) is 5. The van der Waals surface area contributed by atoms with Crippen LogP contribution in [0.15, 0.2) is 23.1 Å². The van der Waals surface area contributed by atoms with Gasteiger partial charge < -0.3 is 15.0 Å². The van der Waals surface area contributed by atoms with Gasteiger partial charge in [-0.15, -0.1) is 0 Å². The number of rotatable bonds is 6. The fourth-order valence-corrected chi connectivity index (χ4v) is 4.15. The molecule has 1 atom stereocenters. The van der Waals surface area contributed by atoms with Crippen molar-refractivity contribution in [2.24, 2.45) is 0 Å². The predicted molar refractivity (Wildman–Crippen MR) is 92.8 cm³/mol. The summed E-state index contributed by atoms with van der Waals surface area (Å²) < 4.78 is 32.2. The van der Waals surface area contributed by atoms with E-state index in [9.17, 15) is 8.42 Å². The van der Waals surface area contributed by atoms with E-state index in [2.05, 4.69) is 17.1 Å². The van der Waals surface area contributed by atoms with E-state index in [1.54, 1.807) is 32.4 Å². The van der Waals surface area contributed by atoms with Crippen molar-refractivity contribution in [3.8, 4) is 5.75 Å². The lowest BCUT2D eigenvalue weighted by Crippen LogP contribution is -2.50. The minimum Gasteiger partial charge on any atom is -0.495 e. The summed E-state index contributed by atoms with van der Waals surface area (Å²) in [6, 6.07) is 5.39. The molecule has 0 spiro atoms. The minimum absolute atomic E-state index is 0.281. The van der Waals surface area contributed by atoms with Gasteiger partial charge in [0, 0.05) is 39.3 Å². The van der Waals surface area contributed by atoms with E-state index in [0.29, 0.717) is 17.2 Å². The normalized spacial score (nSPS) is 19.2. The molecule has 0 aromatic heterocycles. The Morgan fingerprint density at radius 2 is 2.17 bits per heavy atom. The molecule has 0 bridgehead atoms. The van der Waals surface area contributed by atoms with Crippen molar-refractivity contribution in [1.29, 1.82) is 0 Å². The number of methoxy groups -OCH3 is 1. The predicted octanol–water partition coefficient (Wildman–Crippen LogP) is 1.52. The monoisotopic (exact) mass is 341 g/mol. The molecule has 1 N–H and O–H groups in total. The molecule has 1 fully saturated rings. The summed E-state index contributed by atoms with van der Waals surface area (Å²) in [6.07, 6.45) is 0.785. The molecule has 0 amide bonds. The Hall–Kier alpha value is -1.31. The van der Waals surface area contributed by atoms with Crippen LogP contribution in [-0.4, -0.2) is 59.1 Å². The molecule has 1 heterocycles. The van der Waals surface area contributed by atoms with Crippen molar-refractivity contribution >= 4 is 15.7 Å². The topological polar surface area (TPSA) is 61.9 Å². The van der Waals surface area contributed by atoms with Crippen molar-refractivity contribution in [2.75, 3.05) is 45.2 Å². The van der Waals surface area contributed by atoms with Crippen LogP contribution in [0, 0.1) is 0 Å². The highest BCUT2D eigenvalue weighted by Gasteiger charge is 2.25. The van der Waals surface area contributed by atoms with E-state index in [4.69, 9.17) is 4.74 Å². The van der Waals surface area contributed by atoms with Gasteiger partial charge in [-0.3, -0.25) is 0 Å². The lowest BCUT2D eigenvalue weighted by molar-refractivity contribution is 0.408. The molecule has 0 radical (unpaired) electrons. The van der Waals surface area contributed by atoms with E-state index in [1.165, 1.54) is 4.31 Å². The van der Waals surface area contributed by atoms with Gasteiger partial charge >= 0.3 is 0 Å². The summed E-state index contributed by atoms with van der Waals surface area (Å²) in [5.74, 6) is 0.704. The summed E-state index contributed by atoms with van der Waals surface area (Å²) in [7, 11) is -0.234. The van der Waals surface area contributed by atoms with E-state index < -0.39 is 10.0 Å². The average Bonchev–Trinajstić information content (AvgIpc) is 2.55. The fourth-order valence-electron chi connectivity index (χ4n) is 2.87. The van der Waals surface area contributed by atoms with E-state index >= 15 is 0 Å². The molecule has 7 heteroatoms. The molecular formula is C16H27N3O3S.